The zero-order valence-electron chi connectivity index (χ0n) is 14.8. The van der Waals surface area contributed by atoms with Gasteiger partial charge >= 0.3 is 12.1 Å². The molecule has 1 heterocycles. The SMILES string of the molecule is Cc1ccc(OC2CC(C(=O)O)N(C(=O)OC(C)(C)C)C2)c(C)c1. The lowest BCUT2D eigenvalue weighted by atomic mass is 10.1. The summed E-state index contributed by atoms with van der Waals surface area (Å²) in [5, 5.41) is 9.40. The van der Waals surface area contributed by atoms with Crippen LogP contribution in [0.25, 0.3) is 0 Å². The summed E-state index contributed by atoms with van der Waals surface area (Å²) >= 11 is 0. The molecule has 2 atom stereocenters. The molecule has 6 heteroatoms. The van der Waals surface area contributed by atoms with Gasteiger partial charge in [-0.25, -0.2) is 9.59 Å². The number of carbonyl (C=O) groups excluding carboxylic acids is 1. The van der Waals surface area contributed by atoms with Gasteiger partial charge in [0.15, 0.2) is 0 Å². The molecule has 0 aliphatic carbocycles. The van der Waals surface area contributed by atoms with Crippen molar-refractivity contribution in [1.82, 2.24) is 4.90 Å². The minimum Gasteiger partial charge on any atom is -0.488 e. The molecule has 0 aromatic heterocycles. The number of hydrogen-bond donors (Lipinski definition) is 1. The van der Waals surface area contributed by atoms with Gasteiger partial charge in [-0.15, -0.1) is 0 Å². The number of carbonyl (C=O) groups is 2. The predicted octanol–water partition coefficient (Wildman–Crippen LogP) is 3.14. The van der Waals surface area contributed by atoms with Gasteiger partial charge in [-0.2, -0.15) is 0 Å². The Bertz CT molecular complexity index is 635. The minimum absolute atomic E-state index is 0.194. The van der Waals surface area contributed by atoms with Crippen molar-refractivity contribution in [2.45, 2.75) is 58.8 Å². The van der Waals surface area contributed by atoms with Gasteiger partial charge in [-0.05, 0) is 46.2 Å². The summed E-state index contributed by atoms with van der Waals surface area (Å²) in [7, 11) is 0. The third-order valence-electron chi connectivity index (χ3n) is 3.80. The maximum atomic E-state index is 12.3. The van der Waals surface area contributed by atoms with Crippen molar-refractivity contribution in [3.8, 4) is 5.75 Å². The third kappa shape index (κ3) is 4.40. The molecule has 0 radical (unpaired) electrons. The van der Waals surface area contributed by atoms with E-state index >= 15 is 0 Å². The van der Waals surface area contributed by atoms with Crippen LogP contribution in [0.3, 0.4) is 0 Å². The molecular formula is C18H25NO5. The summed E-state index contributed by atoms with van der Waals surface area (Å²) in [5.74, 6) is -0.339. The molecule has 0 spiro atoms. The average molecular weight is 335 g/mol. The van der Waals surface area contributed by atoms with Crippen molar-refractivity contribution in [1.29, 1.82) is 0 Å². The topological polar surface area (TPSA) is 76.1 Å². The van der Waals surface area contributed by atoms with Crippen molar-refractivity contribution in [2.24, 2.45) is 0 Å². The Morgan fingerprint density at radius 2 is 1.92 bits per heavy atom. The van der Waals surface area contributed by atoms with Gasteiger partial charge in [0.25, 0.3) is 0 Å². The molecule has 0 bridgehead atoms. The summed E-state index contributed by atoms with van der Waals surface area (Å²) in [6.45, 7) is 9.38. The number of ether oxygens (including phenoxy) is 2. The number of amides is 1. The van der Waals surface area contributed by atoms with E-state index in [1.165, 1.54) is 4.90 Å². The molecule has 1 aliphatic heterocycles. The summed E-state index contributed by atoms with van der Waals surface area (Å²) in [6, 6.07) is 4.88. The largest absolute Gasteiger partial charge is 0.488 e. The van der Waals surface area contributed by atoms with Crippen LogP contribution < -0.4 is 4.74 Å². The normalized spacial score (nSPS) is 20.8. The second kappa shape index (κ2) is 6.71. The highest BCUT2D eigenvalue weighted by atomic mass is 16.6. The summed E-state index contributed by atoms with van der Waals surface area (Å²) in [4.78, 5) is 25.0. The first kappa shape index (κ1) is 18.1. The van der Waals surface area contributed by atoms with Crippen molar-refractivity contribution in [3.63, 3.8) is 0 Å². The Labute approximate surface area is 142 Å². The van der Waals surface area contributed by atoms with E-state index in [2.05, 4.69) is 0 Å². The Balaban J connectivity index is 2.11. The number of carboxylic acid groups (broad SMARTS) is 1. The fourth-order valence-electron chi connectivity index (χ4n) is 2.75. The number of nitrogens with zero attached hydrogens (tertiary/aromatic N) is 1. The zero-order chi connectivity index (χ0) is 18.1. The van der Waals surface area contributed by atoms with E-state index in [9.17, 15) is 14.7 Å². The van der Waals surface area contributed by atoms with Crippen LogP contribution in [0.1, 0.15) is 38.3 Å². The number of aryl methyl sites for hydroxylation is 2. The van der Waals surface area contributed by atoms with Crippen molar-refractivity contribution in [3.05, 3.63) is 29.3 Å². The van der Waals surface area contributed by atoms with E-state index in [1.54, 1.807) is 20.8 Å². The minimum atomic E-state index is -1.05. The molecular weight excluding hydrogens is 310 g/mol. The molecule has 1 N–H and O–H groups in total. The molecule has 132 valence electrons. The Morgan fingerprint density at radius 1 is 1.25 bits per heavy atom. The van der Waals surface area contributed by atoms with Gasteiger partial charge in [-0.3, -0.25) is 4.90 Å². The third-order valence-corrected chi connectivity index (χ3v) is 3.80. The molecule has 1 aromatic rings. The highest BCUT2D eigenvalue weighted by Crippen LogP contribution is 2.27. The fraction of sp³-hybridized carbons (Fsp3) is 0.556. The van der Waals surface area contributed by atoms with Crippen LogP contribution in [0.15, 0.2) is 18.2 Å². The predicted molar refractivity (Wildman–Crippen MR) is 89.3 cm³/mol. The monoisotopic (exact) mass is 335 g/mol. The van der Waals surface area contributed by atoms with Crippen LogP contribution in [-0.2, 0) is 9.53 Å². The standard InChI is InChI=1S/C18H25NO5/c1-11-6-7-15(12(2)8-11)23-13-9-14(16(20)21)19(10-13)17(22)24-18(3,4)5/h6-8,13-14H,9-10H2,1-5H3,(H,20,21). The van der Waals surface area contributed by atoms with Crippen LogP contribution in [0, 0.1) is 13.8 Å². The van der Waals surface area contributed by atoms with Gasteiger partial charge < -0.3 is 14.6 Å². The fourth-order valence-corrected chi connectivity index (χ4v) is 2.75. The number of carboxylic acids is 1. The number of rotatable bonds is 3. The highest BCUT2D eigenvalue weighted by molar-refractivity contribution is 5.81. The van der Waals surface area contributed by atoms with Crippen LogP contribution in [0.2, 0.25) is 0 Å². The average Bonchev–Trinajstić information content (AvgIpc) is 2.84. The van der Waals surface area contributed by atoms with Crippen LogP contribution >= 0.6 is 0 Å². The van der Waals surface area contributed by atoms with Gasteiger partial charge in [0.05, 0.1) is 6.54 Å². The van der Waals surface area contributed by atoms with E-state index in [0.29, 0.717) is 5.75 Å². The van der Waals surface area contributed by atoms with E-state index < -0.39 is 23.7 Å². The Morgan fingerprint density at radius 3 is 2.46 bits per heavy atom. The summed E-state index contributed by atoms with van der Waals surface area (Å²) in [5.41, 5.74) is 1.44. The molecule has 1 amide bonds. The lowest BCUT2D eigenvalue weighted by Gasteiger charge is -2.26. The molecule has 1 aliphatic rings. The smallest absolute Gasteiger partial charge is 0.411 e. The Kier molecular flexibility index (Phi) is 5.06. The van der Waals surface area contributed by atoms with Gasteiger partial charge in [0, 0.05) is 6.42 Å². The lowest BCUT2D eigenvalue weighted by molar-refractivity contribution is -0.142. The first-order valence-electron chi connectivity index (χ1n) is 8.03. The van der Waals surface area contributed by atoms with Gasteiger partial charge in [0.2, 0.25) is 0 Å². The van der Waals surface area contributed by atoms with E-state index in [-0.39, 0.29) is 19.1 Å². The first-order chi connectivity index (χ1) is 11.1. The maximum Gasteiger partial charge on any atom is 0.411 e. The van der Waals surface area contributed by atoms with Crippen molar-refractivity contribution >= 4 is 12.1 Å². The van der Waals surface area contributed by atoms with Crippen molar-refractivity contribution < 1.29 is 24.2 Å². The second-order valence-electron chi connectivity index (χ2n) is 7.23. The van der Waals surface area contributed by atoms with Gasteiger partial charge in [-0.1, -0.05) is 17.7 Å². The molecule has 0 saturated carbocycles. The van der Waals surface area contributed by atoms with Crippen molar-refractivity contribution in [2.75, 3.05) is 6.54 Å². The summed E-state index contributed by atoms with van der Waals surface area (Å²) in [6.07, 6.45) is -0.760. The van der Waals surface area contributed by atoms with Crippen LogP contribution in [-0.4, -0.2) is 46.4 Å². The molecule has 2 rings (SSSR count). The quantitative estimate of drug-likeness (QED) is 0.918. The molecule has 1 fully saturated rings. The van der Waals surface area contributed by atoms with E-state index in [1.807, 2.05) is 32.0 Å². The molecule has 2 unspecified atom stereocenters. The maximum absolute atomic E-state index is 12.3. The zero-order valence-corrected chi connectivity index (χ0v) is 14.8. The van der Waals surface area contributed by atoms with E-state index in [4.69, 9.17) is 9.47 Å². The molecule has 6 nitrogen and oxygen atoms in total. The van der Waals surface area contributed by atoms with Gasteiger partial charge in [0.1, 0.15) is 23.5 Å². The number of hydrogen-bond acceptors (Lipinski definition) is 4. The first-order valence-corrected chi connectivity index (χ1v) is 8.03. The number of likely N-dealkylation sites (tertiary alicyclic amines) is 1. The summed E-state index contributed by atoms with van der Waals surface area (Å²) < 4.78 is 11.2. The molecule has 1 saturated heterocycles. The Hall–Kier alpha value is -2.24. The second-order valence-corrected chi connectivity index (χ2v) is 7.23. The highest BCUT2D eigenvalue weighted by Gasteiger charge is 2.42. The van der Waals surface area contributed by atoms with E-state index in [0.717, 1.165) is 11.1 Å². The molecule has 24 heavy (non-hydrogen) atoms. The number of benzene rings is 1. The van der Waals surface area contributed by atoms with Crippen LogP contribution in [0.4, 0.5) is 4.79 Å². The van der Waals surface area contributed by atoms with Crippen LogP contribution in [0.5, 0.6) is 5.75 Å². The number of aliphatic carboxylic acids is 1. The lowest BCUT2D eigenvalue weighted by Crippen LogP contribution is -2.43. The molecule has 1 aromatic carbocycles.